The standard InChI is InChI=1S/C23H20F3NO3/c1-28-21-6-4-13(9-22(21)29-2)12-3-5-20-14(7-12)8-19(27)23(30-20)15-10-17(25)18(26)11-16(15)24/h3-7,9-11,19,23H,8,27H2,1-2H3/t19-,23+/m0/s1. The first-order chi connectivity index (χ1) is 14.4. The van der Waals surface area contributed by atoms with Gasteiger partial charge in [-0.15, -0.1) is 0 Å². The van der Waals surface area contributed by atoms with E-state index in [1.165, 1.54) is 0 Å². The first kappa shape index (κ1) is 20.1. The number of fused-ring (bicyclic) bond motifs is 1. The molecule has 1 heterocycles. The monoisotopic (exact) mass is 415 g/mol. The predicted octanol–water partition coefficient (Wildman–Crippen LogP) is 4.79. The van der Waals surface area contributed by atoms with Gasteiger partial charge in [-0.2, -0.15) is 0 Å². The number of benzene rings is 3. The van der Waals surface area contributed by atoms with Crippen LogP contribution < -0.4 is 19.9 Å². The summed E-state index contributed by atoms with van der Waals surface area (Å²) in [5, 5.41) is 0. The van der Waals surface area contributed by atoms with Crippen molar-refractivity contribution in [1.82, 2.24) is 0 Å². The van der Waals surface area contributed by atoms with Gasteiger partial charge in [0.25, 0.3) is 0 Å². The SMILES string of the molecule is COc1ccc(-c2ccc3c(c2)C[C@H](N)[C@@H](c2cc(F)c(F)cc2F)O3)cc1OC. The third-order valence-electron chi connectivity index (χ3n) is 5.22. The molecule has 0 unspecified atom stereocenters. The number of hydrogen-bond acceptors (Lipinski definition) is 4. The van der Waals surface area contributed by atoms with Gasteiger partial charge in [0, 0.05) is 11.6 Å². The zero-order valence-corrected chi connectivity index (χ0v) is 16.4. The van der Waals surface area contributed by atoms with Crippen LogP contribution >= 0.6 is 0 Å². The van der Waals surface area contributed by atoms with Crippen molar-refractivity contribution in [2.75, 3.05) is 14.2 Å². The lowest BCUT2D eigenvalue weighted by molar-refractivity contribution is 0.148. The molecule has 4 nitrogen and oxygen atoms in total. The van der Waals surface area contributed by atoms with Gasteiger partial charge in [-0.25, -0.2) is 13.2 Å². The smallest absolute Gasteiger partial charge is 0.161 e. The first-order valence-corrected chi connectivity index (χ1v) is 9.33. The Morgan fingerprint density at radius 2 is 1.50 bits per heavy atom. The number of rotatable bonds is 4. The maximum absolute atomic E-state index is 14.2. The maximum Gasteiger partial charge on any atom is 0.161 e. The Kier molecular flexibility index (Phi) is 5.30. The highest BCUT2D eigenvalue weighted by molar-refractivity contribution is 5.69. The molecule has 4 rings (SSSR count). The van der Waals surface area contributed by atoms with Gasteiger partial charge in [-0.1, -0.05) is 12.1 Å². The fourth-order valence-corrected chi connectivity index (χ4v) is 3.68. The van der Waals surface area contributed by atoms with Crippen LogP contribution in [0.2, 0.25) is 0 Å². The van der Waals surface area contributed by atoms with E-state index >= 15 is 0 Å². The summed E-state index contributed by atoms with van der Waals surface area (Å²) >= 11 is 0. The van der Waals surface area contributed by atoms with Crippen LogP contribution in [0.5, 0.6) is 17.2 Å². The molecule has 30 heavy (non-hydrogen) atoms. The lowest BCUT2D eigenvalue weighted by Gasteiger charge is -2.32. The van der Waals surface area contributed by atoms with Gasteiger partial charge >= 0.3 is 0 Å². The second-order valence-electron chi connectivity index (χ2n) is 7.09. The highest BCUT2D eigenvalue weighted by Crippen LogP contribution is 2.39. The van der Waals surface area contributed by atoms with Crippen LogP contribution in [0.25, 0.3) is 11.1 Å². The summed E-state index contributed by atoms with van der Waals surface area (Å²) in [4.78, 5) is 0. The lowest BCUT2D eigenvalue weighted by Crippen LogP contribution is -2.38. The molecule has 0 spiro atoms. The molecule has 0 saturated carbocycles. The molecule has 1 aliphatic rings. The van der Waals surface area contributed by atoms with Gasteiger partial charge in [-0.05, 0) is 53.4 Å². The topological polar surface area (TPSA) is 53.7 Å². The molecule has 3 aromatic rings. The second-order valence-corrected chi connectivity index (χ2v) is 7.09. The van der Waals surface area contributed by atoms with Crippen molar-refractivity contribution >= 4 is 0 Å². The Bertz CT molecular complexity index is 1100. The van der Waals surface area contributed by atoms with E-state index in [2.05, 4.69) is 0 Å². The van der Waals surface area contributed by atoms with Crippen LogP contribution in [0, 0.1) is 17.5 Å². The second kappa shape index (κ2) is 7.91. The molecule has 0 fully saturated rings. The van der Waals surface area contributed by atoms with E-state index in [-0.39, 0.29) is 5.56 Å². The minimum absolute atomic E-state index is 0.101. The Balaban J connectivity index is 1.66. The third-order valence-corrected chi connectivity index (χ3v) is 5.22. The molecule has 7 heteroatoms. The molecule has 0 amide bonds. The predicted molar refractivity (Wildman–Crippen MR) is 106 cm³/mol. The van der Waals surface area contributed by atoms with E-state index in [0.29, 0.717) is 29.7 Å². The summed E-state index contributed by atoms with van der Waals surface area (Å²) in [6, 6.07) is 11.8. The first-order valence-electron chi connectivity index (χ1n) is 9.33. The van der Waals surface area contributed by atoms with Gasteiger partial charge in [0.15, 0.2) is 23.1 Å². The molecule has 0 aromatic heterocycles. The fourth-order valence-electron chi connectivity index (χ4n) is 3.68. The summed E-state index contributed by atoms with van der Waals surface area (Å²) in [5.41, 5.74) is 8.79. The quantitative estimate of drug-likeness (QED) is 0.623. The summed E-state index contributed by atoms with van der Waals surface area (Å²) in [6.07, 6.45) is -0.529. The highest BCUT2D eigenvalue weighted by Gasteiger charge is 2.32. The van der Waals surface area contributed by atoms with E-state index in [4.69, 9.17) is 19.9 Å². The van der Waals surface area contributed by atoms with Crippen molar-refractivity contribution in [1.29, 1.82) is 0 Å². The molecule has 2 N–H and O–H groups in total. The summed E-state index contributed by atoms with van der Waals surface area (Å²) < 4.78 is 57.6. The van der Waals surface area contributed by atoms with Gasteiger partial charge < -0.3 is 19.9 Å². The van der Waals surface area contributed by atoms with Crippen LogP contribution in [-0.4, -0.2) is 20.3 Å². The van der Waals surface area contributed by atoms with Crippen LogP contribution in [0.4, 0.5) is 13.2 Å². The maximum atomic E-state index is 14.2. The summed E-state index contributed by atoms with van der Waals surface area (Å²) in [7, 11) is 3.14. The molecule has 1 aliphatic heterocycles. The number of methoxy groups -OCH3 is 2. The number of halogens is 3. The Labute approximate surface area is 172 Å². The Hall–Kier alpha value is -3.19. The highest BCUT2D eigenvalue weighted by atomic mass is 19.2. The average molecular weight is 415 g/mol. The van der Waals surface area contributed by atoms with Crippen LogP contribution in [0.15, 0.2) is 48.5 Å². The van der Waals surface area contributed by atoms with Gasteiger partial charge in [-0.3, -0.25) is 0 Å². The van der Waals surface area contributed by atoms with Crippen LogP contribution in [0.1, 0.15) is 17.2 Å². The van der Waals surface area contributed by atoms with Gasteiger partial charge in [0.2, 0.25) is 0 Å². The van der Waals surface area contributed by atoms with E-state index in [0.717, 1.165) is 22.8 Å². The molecule has 0 bridgehead atoms. The number of hydrogen-bond donors (Lipinski definition) is 1. The average Bonchev–Trinajstić information content (AvgIpc) is 2.75. The molecular weight excluding hydrogens is 395 g/mol. The van der Waals surface area contributed by atoms with Crippen LogP contribution in [0.3, 0.4) is 0 Å². The summed E-state index contributed by atoms with van der Waals surface area (Å²) in [5.74, 6) is -1.53. The zero-order chi connectivity index (χ0) is 21.4. The van der Waals surface area contributed by atoms with Crippen molar-refractivity contribution in [3.63, 3.8) is 0 Å². The zero-order valence-electron chi connectivity index (χ0n) is 16.4. The van der Waals surface area contributed by atoms with Crippen molar-refractivity contribution in [2.24, 2.45) is 5.73 Å². The minimum atomic E-state index is -1.25. The lowest BCUT2D eigenvalue weighted by atomic mass is 9.91. The van der Waals surface area contributed by atoms with Gasteiger partial charge in [0.05, 0.1) is 20.3 Å². The van der Waals surface area contributed by atoms with Crippen molar-refractivity contribution in [3.8, 4) is 28.4 Å². The Morgan fingerprint density at radius 3 is 2.23 bits per heavy atom. The summed E-state index contributed by atoms with van der Waals surface area (Å²) in [6.45, 7) is 0. The largest absolute Gasteiger partial charge is 0.493 e. The van der Waals surface area contributed by atoms with Gasteiger partial charge in [0.1, 0.15) is 17.7 Å². The van der Waals surface area contributed by atoms with E-state index in [9.17, 15) is 13.2 Å². The Morgan fingerprint density at radius 1 is 0.833 bits per heavy atom. The molecule has 0 radical (unpaired) electrons. The molecule has 0 saturated heterocycles. The normalized spacial score (nSPS) is 17.8. The molecular formula is C23H20F3NO3. The van der Waals surface area contributed by atoms with Crippen molar-refractivity contribution < 1.29 is 27.4 Å². The van der Waals surface area contributed by atoms with E-state index in [1.54, 1.807) is 20.3 Å². The molecule has 2 atom stereocenters. The number of nitrogens with two attached hydrogens (primary N) is 1. The van der Waals surface area contributed by atoms with Crippen molar-refractivity contribution in [3.05, 3.63) is 77.1 Å². The molecule has 156 valence electrons. The molecule has 0 aliphatic carbocycles. The van der Waals surface area contributed by atoms with Crippen LogP contribution in [-0.2, 0) is 6.42 Å². The van der Waals surface area contributed by atoms with E-state index in [1.807, 2.05) is 30.3 Å². The number of ether oxygens (including phenoxy) is 3. The minimum Gasteiger partial charge on any atom is -0.493 e. The van der Waals surface area contributed by atoms with Crippen molar-refractivity contribution in [2.45, 2.75) is 18.6 Å². The molecule has 3 aromatic carbocycles. The van der Waals surface area contributed by atoms with E-state index < -0.39 is 29.6 Å². The fraction of sp³-hybridized carbons (Fsp3) is 0.217. The third kappa shape index (κ3) is 3.57.